The van der Waals surface area contributed by atoms with E-state index in [1.54, 1.807) is 12.1 Å². The molecule has 0 aromatic heterocycles. The zero-order valence-electron chi connectivity index (χ0n) is 9.02. The number of carbonyl (C=O) groups excluding carboxylic acids is 1. The molecular weight excluding hydrogens is 239 g/mol. The molecule has 2 atom stereocenters. The molecule has 0 bridgehead atoms. The van der Waals surface area contributed by atoms with Crippen molar-refractivity contribution < 1.29 is 9.18 Å². The van der Waals surface area contributed by atoms with Gasteiger partial charge in [0.1, 0.15) is 11.6 Å². The van der Waals surface area contributed by atoms with Gasteiger partial charge in [0.2, 0.25) is 0 Å². The Morgan fingerprint density at radius 2 is 2.12 bits per heavy atom. The average molecular weight is 250 g/mol. The average Bonchev–Trinajstić information content (AvgIpc) is 2.85. The summed E-state index contributed by atoms with van der Waals surface area (Å²) >= 11 is 1.48. The second-order valence-corrected chi connectivity index (χ2v) is 5.31. The second-order valence-electron chi connectivity index (χ2n) is 4.18. The number of rotatable bonds is 1. The van der Waals surface area contributed by atoms with Crippen LogP contribution in [0.5, 0.6) is 0 Å². The number of benzene rings is 1. The van der Waals surface area contributed by atoms with Gasteiger partial charge < -0.3 is 5.32 Å². The van der Waals surface area contributed by atoms with Crippen LogP contribution in [0.2, 0.25) is 0 Å². The molecule has 0 radical (unpaired) electrons. The number of ketones is 1. The van der Waals surface area contributed by atoms with E-state index in [1.807, 2.05) is 0 Å². The lowest BCUT2D eigenvalue weighted by Crippen LogP contribution is -2.16. The maximum absolute atomic E-state index is 12.7. The number of nitrogens with zero attached hydrogens (tertiary/aromatic N) is 1. The summed E-state index contributed by atoms with van der Waals surface area (Å²) in [5.41, 5.74) is 0.796. The van der Waals surface area contributed by atoms with E-state index < -0.39 is 0 Å². The molecule has 0 amide bonds. The summed E-state index contributed by atoms with van der Waals surface area (Å²) in [4.78, 5) is 16.0. The molecule has 0 spiro atoms. The van der Waals surface area contributed by atoms with Crippen molar-refractivity contribution in [3.05, 3.63) is 30.1 Å². The minimum atomic E-state index is -0.261. The number of fused-ring (bicyclic) bond motifs is 1. The van der Waals surface area contributed by atoms with Crippen LogP contribution in [0.15, 0.2) is 29.3 Å². The van der Waals surface area contributed by atoms with E-state index in [9.17, 15) is 9.18 Å². The van der Waals surface area contributed by atoms with Crippen LogP contribution in [0, 0.1) is 5.82 Å². The van der Waals surface area contributed by atoms with Crippen LogP contribution in [0.3, 0.4) is 0 Å². The fraction of sp³-hybridized carbons (Fsp3) is 0.333. The molecule has 5 heteroatoms. The van der Waals surface area contributed by atoms with E-state index >= 15 is 0 Å². The predicted octanol–water partition coefficient (Wildman–Crippen LogP) is 2.44. The first-order valence-corrected chi connectivity index (χ1v) is 6.40. The highest BCUT2D eigenvalue weighted by Crippen LogP contribution is 2.36. The van der Waals surface area contributed by atoms with Crippen LogP contribution in [0.25, 0.3) is 0 Å². The van der Waals surface area contributed by atoms with Crippen LogP contribution in [-0.2, 0) is 4.79 Å². The molecule has 1 aromatic carbocycles. The van der Waals surface area contributed by atoms with Crippen molar-refractivity contribution in [1.82, 2.24) is 0 Å². The molecule has 1 aromatic rings. The Hall–Kier alpha value is -1.36. The molecule has 2 aliphatic rings. The fourth-order valence-electron chi connectivity index (χ4n) is 2.09. The van der Waals surface area contributed by atoms with Gasteiger partial charge >= 0.3 is 0 Å². The zero-order valence-corrected chi connectivity index (χ0v) is 9.84. The van der Waals surface area contributed by atoms with Crippen molar-refractivity contribution in [2.24, 2.45) is 4.99 Å². The van der Waals surface area contributed by atoms with Gasteiger partial charge in [-0.1, -0.05) is 11.8 Å². The third-order valence-corrected chi connectivity index (χ3v) is 4.23. The number of amidine groups is 1. The van der Waals surface area contributed by atoms with E-state index in [4.69, 9.17) is 0 Å². The maximum Gasteiger partial charge on any atom is 0.162 e. The molecule has 3 rings (SSSR count). The Labute approximate surface area is 103 Å². The standard InChI is InChI=1S/C12H11FN2OS/c13-7-1-3-8(4-2-7)14-12-15-9-5-6-10(16)11(9)17-12/h1-4,9,11H,5-6H2,(H,14,15). The van der Waals surface area contributed by atoms with Gasteiger partial charge in [-0.3, -0.25) is 9.79 Å². The number of nitrogens with one attached hydrogen (secondary N) is 1. The highest BCUT2D eigenvalue weighted by molar-refractivity contribution is 8.15. The third-order valence-electron chi connectivity index (χ3n) is 2.97. The zero-order chi connectivity index (χ0) is 11.8. The molecule has 1 aliphatic heterocycles. The van der Waals surface area contributed by atoms with E-state index in [1.165, 1.54) is 23.9 Å². The molecule has 88 valence electrons. The molecule has 3 nitrogen and oxygen atoms in total. The smallest absolute Gasteiger partial charge is 0.162 e. The number of hydrogen-bond donors (Lipinski definition) is 1. The highest BCUT2D eigenvalue weighted by atomic mass is 32.2. The number of halogens is 1. The van der Waals surface area contributed by atoms with Crippen molar-refractivity contribution in [1.29, 1.82) is 0 Å². The molecule has 0 saturated heterocycles. The first-order valence-electron chi connectivity index (χ1n) is 5.52. The molecule has 2 unspecified atom stereocenters. The second kappa shape index (κ2) is 4.14. The number of thioether (sulfide) groups is 1. The molecule has 1 saturated carbocycles. The van der Waals surface area contributed by atoms with Crippen molar-refractivity contribution in [3.8, 4) is 0 Å². The Kier molecular flexibility index (Phi) is 2.63. The Balaban J connectivity index is 1.71. The molecular formula is C12H11FN2OS. The summed E-state index contributed by atoms with van der Waals surface area (Å²) in [7, 11) is 0. The number of anilines is 1. The molecule has 1 N–H and O–H groups in total. The molecule has 1 heterocycles. The van der Waals surface area contributed by atoms with Gasteiger partial charge in [0, 0.05) is 12.1 Å². The predicted molar refractivity (Wildman–Crippen MR) is 66.9 cm³/mol. The Morgan fingerprint density at radius 3 is 2.82 bits per heavy atom. The van der Waals surface area contributed by atoms with Gasteiger partial charge in [-0.05, 0) is 30.7 Å². The summed E-state index contributed by atoms with van der Waals surface area (Å²) in [6, 6.07) is 6.25. The Morgan fingerprint density at radius 1 is 1.35 bits per heavy atom. The SMILES string of the molecule is O=C1CCC2N=C(Nc3ccc(F)cc3)SC12. The van der Waals surface area contributed by atoms with E-state index in [0.29, 0.717) is 12.2 Å². The maximum atomic E-state index is 12.7. The number of hydrogen-bond acceptors (Lipinski definition) is 4. The monoisotopic (exact) mass is 250 g/mol. The summed E-state index contributed by atoms with van der Waals surface area (Å²) in [6.07, 6.45) is 1.50. The van der Waals surface area contributed by atoms with E-state index in [2.05, 4.69) is 10.3 Å². The van der Waals surface area contributed by atoms with Crippen molar-refractivity contribution in [2.75, 3.05) is 5.32 Å². The van der Waals surface area contributed by atoms with Crippen molar-refractivity contribution in [3.63, 3.8) is 0 Å². The number of carbonyl (C=O) groups is 1. The van der Waals surface area contributed by atoms with Crippen molar-refractivity contribution >= 4 is 28.4 Å². The van der Waals surface area contributed by atoms with Crippen LogP contribution < -0.4 is 5.32 Å². The minimum absolute atomic E-state index is 0.00190. The van der Waals surface area contributed by atoms with Gasteiger partial charge in [0.25, 0.3) is 0 Å². The van der Waals surface area contributed by atoms with Gasteiger partial charge in [0.15, 0.2) is 5.17 Å². The summed E-state index contributed by atoms with van der Waals surface area (Å²) < 4.78 is 12.7. The lowest BCUT2D eigenvalue weighted by atomic mass is 10.3. The molecule has 1 fully saturated rings. The fourth-order valence-corrected chi connectivity index (χ4v) is 3.31. The topological polar surface area (TPSA) is 41.5 Å². The molecule has 1 aliphatic carbocycles. The van der Waals surface area contributed by atoms with Crippen molar-refractivity contribution in [2.45, 2.75) is 24.1 Å². The molecule has 17 heavy (non-hydrogen) atoms. The Bertz CT molecular complexity index is 486. The number of aliphatic imine (C=N–C) groups is 1. The first kappa shape index (κ1) is 10.8. The third kappa shape index (κ3) is 2.07. The van der Waals surface area contributed by atoms with Gasteiger partial charge in [-0.15, -0.1) is 0 Å². The largest absolute Gasteiger partial charge is 0.335 e. The first-order chi connectivity index (χ1) is 8.22. The van der Waals surface area contributed by atoms with Gasteiger partial charge in [-0.25, -0.2) is 4.39 Å². The van der Waals surface area contributed by atoms with E-state index in [0.717, 1.165) is 17.3 Å². The van der Waals surface area contributed by atoms with Crippen LogP contribution in [-0.4, -0.2) is 22.2 Å². The van der Waals surface area contributed by atoms with Gasteiger partial charge in [0.05, 0.1) is 11.3 Å². The minimum Gasteiger partial charge on any atom is -0.335 e. The quantitative estimate of drug-likeness (QED) is 0.832. The van der Waals surface area contributed by atoms with Gasteiger partial charge in [-0.2, -0.15) is 0 Å². The van der Waals surface area contributed by atoms with Crippen LogP contribution >= 0.6 is 11.8 Å². The number of Topliss-reactive ketones (excluding diaryl/α,β-unsaturated/α-hetero) is 1. The highest BCUT2D eigenvalue weighted by Gasteiger charge is 2.40. The summed E-state index contributed by atoms with van der Waals surface area (Å²) in [6.45, 7) is 0. The summed E-state index contributed by atoms with van der Waals surface area (Å²) in [5, 5.41) is 3.87. The summed E-state index contributed by atoms with van der Waals surface area (Å²) in [5.74, 6) is 0.0308. The van der Waals surface area contributed by atoms with Crippen LogP contribution in [0.4, 0.5) is 10.1 Å². The van der Waals surface area contributed by atoms with Crippen LogP contribution in [0.1, 0.15) is 12.8 Å². The normalized spacial score (nSPS) is 26.9. The lowest BCUT2D eigenvalue weighted by Gasteiger charge is -2.06. The van der Waals surface area contributed by atoms with E-state index in [-0.39, 0.29) is 17.1 Å². The lowest BCUT2D eigenvalue weighted by molar-refractivity contribution is -0.116.